The number of aromatic nitrogens is 2. The molecule has 0 atom stereocenters. The number of nitrogens with zero attached hydrogens (tertiary/aromatic N) is 2. The molecule has 1 aliphatic carbocycles. The highest BCUT2D eigenvalue weighted by atomic mass is 32.1. The molecule has 1 saturated carbocycles. The monoisotopic (exact) mass is 213 g/mol. The average molecular weight is 213 g/mol. The number of rotatable bonds is 2. The fourth-order valence-corrected chi connectivity index (χ4v) is 2.30. The summed E-state index contributed by atoms with van der Waals surface area (Å²) in [7, 11) is 0. The Morgan fingerprint density at radius 2 is 2.29 bits per heavy atom. The summed E-state index contributed by atoms with van der Waals surface area (Å²) in [4.78, 5) is 4.08. The molecule has 78 valence electrons. The topological polar surface area (TPSA) is 58.0 Å². The zero-order chi connectivity index (χ0) is 10.0. The second kappa shape index (κ2) is 3.82. The van der Waals surface area contributed by atoms with Gasteiger partial charge in [0.15, 0.2) is 0 Å². The van der Waals surface area contributed by atoms with E-state index in [1.165, 1.54) is 11.5 Å². The lowest BCUT2D eigenvalue weighted by molar-refractivity contribution is 0.0196. The highest BCUT2D eigenvalue weighted by molar-refractivity contribution is 7.09. The molecular formula is C9H15N3OS. The third kappa shape index (κ3) is 2.42. The minimum absolute atomic E-state index is 0.447. The van der Waals surface area contributed by atoms with Gasteiger partial charge in [0, 0.05) is 17.6 Å². The molecule has 0 bridgehead atoms. The maximum absolute atomic E-state index is 9.77. The van der Waals surface area contributed by atoms with Gasteiger partial charge in [0.2, 0.25) is 5.13 Å². The second-order valence-corrected chi connectivity index (χ2v) is 4.94. The summed E-state index contributed by atoms with van der Waals surface area (Å²) in [5, 5.41) is 14.0. The van der Waals surface area contributed by atoms with Crippen LogP contribution in [-0.4, -0.2) is 26.1 Å². The Morgan fingerprint density at radius 1 is 1.57 bits per heavy atom. The quantitative estimate of drug-likeness (QED) is 0.784. The predicted molar refractivity (Wildman–Crippen MR) is 56.4 cm³/mol. The van der Waals surface area contributed by atoms with Gasteiger partial charge in [-0.15, -0.1) is 0 Å². The fourth-order valence-electron chi connectivity index (χ4n) is 1.80. The van der Waals surface area contributed by atoms with Crippen LogP contribution in [-0.2, 0) is 0 Å². The Hall–Kier alpha value is -0.680. The van der Waals surface area contributed by atoms with E-state index in [0.29, 0.717) is 6.04 Å². The van der Waals surface area contributed by atoms with Crippen LogP contribution in [0.15, 0.2) is 6.33 Å². The van der Waals surface area contributed by atoms with Gasteiger partial charge in [0.25, 0.3) is 0 Å². The van der Waals surface area contributed by atoms with Crippen LogP contribution in [0.1, 0.15) is 32.6 Å². The third-order valence-corrected chi connectivity index (χ3v) is 3.35. The third-order valence-electron chi connectivity index (χ3n) is 2.75. The Morgan fingerprint density at radius 3 is 2.86 bits per heavy atom. The Bertz CT molecular complexity index is 276. The number of aliphatic hydroxyl groups is 1. The van der Waals surface area contributed by atoms with Crippen molar-refractivity contribution >= 4 is 16.7 Å². The van der Waals surface area contributed by atoms with Gasteiger partial charge in [-0.2, -0.15) is 4.37 Å². The molecule has 1 fully saturated rings. The minimum atomic E-state index is -0.459. The van der Waals surface area contributed by atoms with Gasteiger partial charge in [0.05, 0.1) is 5.60 Å². The summed E-state index contributed by atoms with van der Waals surface area (Å²) in [5.74, 6) is 0. The summed E-state index contributed by atoms with van der Waals surface area (Å²) in [6, 6.07) is 0.447. The molecule has 0 amide bonds. The summed E-state index contributed by atoms with van der Waals surface area (Å²) < 4.78 is 3.93. The molecule has 2 rings (SSSR count). The van der Waals surface area contributed by atoms with E-state index >= 15 is 0 Å². The van der Waals surface area contributed by atoms with E-state index in [2.05, 4.69) is 14.7 Å². The zero-order valence-electron chi connectivity index (χ0n) is 8.23. The minimum Gasteiger partial charge on any atom is -0.390 e. The molecule has 4 nitrogen and oxygen atoms in total. The molecule has 0 unspecified atom stereocenters. The molecule has 0 aliphatic heterocycles. The maximum atomic E-state index is 9.77. The van der Waals surface area contributed by atoms with Crippen LogP contribution in [0.2, 0.25) is 0 Å². The van der Waals surface area contributed by atoms with Gasteiger partial charge in [-0.3, -0.25) is 0 Å². The lowest BCUT2D eigenvalue weighted by Gasteiger charge is -2.33. The Labute approximate surface area is 87.5 Å². The number of hydrogen-bond donors (Lipinski definition) is 2. The molecule has 5 heteroatoms. The first-order valence-electron chi connectivity index (χ1n) is 4.91. The van der Waals surface area contributed by atoms with Gasteiger partial charge < -0.3 is 10.4 Å². The average Bonchev–Trinajstić information content (AvgIpc) is 2.61. The molecule has 14 heavy (non-hydrogen) atoms. The van der Waals surface area contributed by atoms with E-state index in [9.17, 15) is 5.11 Å². The van der Waals surface area contributed by atoms with Crippen LogP contribution in [0.25, 0.3) is 0 Å². The Balaban J connectivity index is 1.85. The van der Waals surface area contributed by atoms with Crippen molar-refractivity contribution < 1.29 is 5.11 Å². The van der Waals surface area contributed by atoms with E-state index in [1.54, 1.807) is 6.33 Å². The van der Waals surface area contributed by atoms with E-state index < -0.39 is 5.60 Å². The standard InChI is InChI=1S/C9H15N3OS/c1-9(13)4-2-7(3-5-9)12-8-10-6-11-14-8/h6-7,13H,2-5H2,1H3,(H,10,11,12). The summed E-state index contributed by atoms with van der Waals surface area (Å²) in [5.41, 5.74) is -0.459. The van der Waals surface area contributed by atoms with Crippen LogP contribution in [0.3, 0.4) is 0 Å². The fraction of sp³-hybridized carbons (Fsp3) is 0.778. The van der Waals surface area contributed by atoms with Crippen molar-refractivity contribution in [2.45, 2.75) is 44.2 Å². The molecule has 1 heterocycles. The zero-order valence-corrected chi connectivity index (χ0v) is 9.05. The van der Waals surface area contributed by atoms with Crippen molar-refractivity contribution in [3.8, 4) is 0 Å². The van der Waals surface area contributed by atoms with Gasteiger partial charge in [-0.25, -0.2) is 4.98 Å². The van der Waals surface area contributed by atoms with Crippen LogP contribution >= 0.6 is 11.5 Å². The molecule has 0 radical (unpaired) electrons. The van der Waals surface area contributed by atoms with Crippen molar-refractivity contribution in [1.82, 2.24) is 9.36 Å². The first-order valence-corrected chi connectivity index (χ1v) is 5.69. The van der Waals surface area contributed by atoms with Gasteiger partial charge in [0.1, 0.15) is 6.33 Å². The normalized spacial score (nSPS) is 32.9. The Kier molecular flexibility index (Phi) is 2.69. The van der Waals surface area contributed by atoms with E-state index in [-0.39, 0.29) is 0 Å². The molecule has 1 aromatic rings. The van der Waals surface area contributed by atoms with E-state index in [0.717, 1.165) is 30.8 Å². The summed E-state index contributed by atoms with van der Waals surface area (Å²) in [6.07, 6.45) is 5.30. The number of anilines is 1. The molecule has 0 aromatic carbocycles. The molecule has 0 saturated heterocycles. The highest BCUT2D eigenvalue weighted by Gasteiger charge is 2.28. The van der Waals surface area contributed by atoms with Gasteiger partial charge >= 0.3 is 0 Å². The van der Waals surface area contributed by atoms with Crippen LogP contribution in [0, 0.1) is 0 Å². The summed E-state index contributed by atoms with van der Waals surface area (Å²) in [6.45, 7) is 1.91. The van der Waals surface area contributed by atoms with E-state index in [4.69, 9.17) is 0 Å². The van der Waals surface area contributed by atoms with Crippen molar-refractivity contribution in [3.05, 3.63) is 6.33 Å². The van der Waals surface area contributed by atoms with Crippen LogP contribution in [0.5, 0.6) is 0 Å². The van der Waals surface area contributed by atoms with Crippen molar-refractivity contribution in [2.24, 2.45) is 0 Å². The van der Waals surface area contributed by atoms with Gasteiger partial charge in [-0.05, 0) is 32.6 Å². The maximum Gasteiger partial charge on any atom is 0.202 e. The molecule has 2 N–H and O–H groups in total. The molecular weight excluding hydrogens is 198 g/mol. The van der Waals surface area contributed by atoms with E-state index in [1.807, 2.05) is 6.92 Å². The van der Waals surface area contributed by atoms with Crippen LogP contribution in [0.4, 0.5) is 5.13 Å². The lowest BCUT2D eigenvalue weighted by atomic mass is 9.84. The SMILES string of the molecule is CC1(O)CCC(Nc2ncns2)CC1. The predicted octanol–water partition coefficient (Wildman–Crippen LogP) is 1.64. The smallest absolute Gasteiger partial charge is 0.202 e. The first-order chi connectivity index (χ1) is 6.66. The lowest BCUT2D eigenvalue weighted by Crippen LogP contribution is -2.35. The van der Waals surface area contributed by atoms with Crippen molar-refractivity contribution in [1.29, 1.82) is 0 Å². The van der Waals surface area contributed by atoms with Gasteiger partial charge in [-0.1, -0.05) is 0 Å². The summed E-state index contributed by atoms with van der Waals surface area (Å²) >= 11 is 1.38. The molecule has 1 aromatic heterocycles. The molecule has 0 spiro atoms. The highest BCUT2D eigenvalue weighted by Crippen LogP contribution is 2.29. The number of nitrogens with one attached hydrogen (secondary N) is 1. The van der Waals surface area contributed by atoms with Crippen molar-refractivity contribution in [2.75, 3.05) is 5.32 Å². The van der Waals surface area contributed by atoms with Crippen molar-refractivity contribution in [3.63, 3.8) is 0 Å². The largest absolute Gasteiger partial charge is 0.390 e. The second-order valence-electron chi connectivity index (χ2n) is 4.16. The van der Waals surface area contributed by atoms with Crippen LogP contribution < -0.4 is 5.32 Å². The molecule has 1 aliphatic rings. The number of hydrogen-bond acceptors (Lipinski definition) is 5. The first kappa shape index (κ1) is 9.86.